The van der Waals surface area contributed by atoms with Gasteiger partial charge >= 0.3 is 0 Å². The summed E-state index contributed by atoms with van der Waals surface area (Å²) in [6.45, 7) is 1.52. The molecule has 5 heteroatoms. The molecule has 3 rings (SSSR count). The topological polar surface area (TPSA) is 54.5 Å². The van der Waals surface area contributed by atoms with Gasteiger partial charge in [-0.25, -0.2) is 0 Å². The normalized spacial score (nSPS) is 15.3. The second-order valence-electron chi connectivity index (χ2n) is 6.10. The zero-order valence-corrected chi connectivity index (χ0v) is 14.4. The van der Waals surface area contributed by atoms with Gasteiger partial charge in [0.05, 0.1) is 7.11 Å². The van der Waals surface area contributed by atoms with Gasteiger partial charge in [-0.15, -0.1) is 0 Å². The summed E-state index contributed by atoms with van der Waals surface area (Å²) < 4.78 is 5.25. The highest BCUT2D eigenvalue weighted by Crippen LogP contribution is 2.21. The van der Waals surface area contributed by atoms with Crippen molar-refractivity contribution in [3.63, 3.8) is 0 Å². The van der Waals surface area contributed by atoms with Crippen molar-refractivity contribution in [1.29, 1.82) is 0 Å². The number of likely N-dealkylation sites (tertiary alicyclic amines) is 1. The smallest absolute Gasteiger partial charge is 0.246 e. The maximum Gasteiger partial charge on any atom is 0.246 e. The molecule has 0 atom stereocenters. The molecule has 0 unspecified atom stereocenters. The van der Waals surface area contributed by atoms with Gasteiger partial charge < -0.3 is 15.0 Å². The van der Waals surface area contributed by atoms with E-state index in [1.165, 1.54) is 0 Å². The standard InChI is InChI=1S/C20H23N3O2/c1-25-19-6-2-5-18(14-19)22-17-9-12-23(13-10-17)20(24)8-7-16-4-3-11-21-15-16/h2-8,11,14-15,17,22H,9-10,12-13H2,1H3/b8-7-. The Hall–Kier alpha value is -2.82. The van der Waals surface area contributed by atoms with Crippen LogP contribution in [0.4, 0.5) is 5.69 Å². The molecule has 1 aliphatic heterocycles. The van der Waals surface area contributed by atoms with Crippen LogP contribution in [-0.4, -0.2) is 42.0 Å². The van der Waals surface area contributed by atoms with Gasteiger partial charge in [0.15, 0.2) is 0 Å². The van der Waals surface area contributed by atoms with Gasteiger partial charge in [0.2, 0.25) is 5.91 Å². The van der Waals surface area contributed by atoms with E-state index >= 15 is 0 Å². The molecule has 0 spiro atoms. The molecule has 2 heterocycles. The maximum atomic E-state index is 12.3. The van der Waals surface area contributed by atoms with Gasteiger partial charge in [-0.05, 0) is 42.7 Å². The molecule has 0 saturated carbocycles. The lowest BCUT2D eigenvalue weighted by molar-refractivity contribution is -0.126. The van der Waals surface area contributed by atoms with E-state index in [0.29, 0.717) is 6.04 Å². The number of benzene rings is 1. The summed E-state index contributed by atoms with van der Waals surface area (Å²) in [5, 5.41) is 3.53. The molecule has 5 nitrogen and oxygen atoms in total. The lowest BCUT2D eigenvalue weighted by atomic mass is 10.0. The summed E-state index contributed by atoms with van der Waals surface area (Å²) >= 11 is 0. The first-order valence-corrected chi connectivity index (χ1v) is 8.52. The number of amides is 1. The molecule has 1 fully saturated rings. The minimum absolute atomic E-state index is 0.0590. The predicted octanol–water partition coefficient (Wildman–Crippen LogP) is 3.21. The van der Waals surface area contributed by atoms with E-state index in [1.807, 2.05) is 47.4 Å². The number of pyridine rings is 1. The van der Waals surface area contributed by atoms with Crippen LogP contribution >= 0.6 is 0 Å². The Kier molecular flexibility index (Phi) is 5.67. The fraction of sp³-hybridized carbons (Fsp3) is 0.300. The van der Waals surface area contributed by atoms with Gasteiger partial charge in [-0.2, -0.15) is 0 Å². The third kappa shape index (κ3) is 4.83. The number of methoxy groups -OCH3 is 1. The molecule has 1 saturated heterocycles. The summed E-state index contributed by atoms with van der Waals surface area (Å²) in [7, 11) is 1.67. The zero-order valence-electron chi connectivity index (χ0n) is 14.4. The highest BCUT2D eigenvalue weighted by Gasteiger charge is 2.21. The predicted molar refractivity (Wildman–Crippen MR) is 99.5 cm³/mol. The van der Waals surface area contributed by atoms with Crippen molar-refractivity contribution in [2.24, 2.45) is 0 Å². The minimum Gasteiger partial charge on any atom is -0.497 e. The molecule has 1 aromatic heterocycles. The van der Waals surface area contributed by atoms with Crippen molar-refractivity contribution >= 4 is 17.7 Å². The van der Waals surface area contributed by atoms with Crippen LogP contribution in [0.1, 0.15) is 18.4 Å². The van der Waals surface area contributed by atoms with E-state index in [2.05, 4.69) is 10.3 Å². The number of carbonyl (C=O) groups is 1. The van der Waals surface area contributed by atoms with Gasteiger partial charge in [0.25, 0.3) is 0 Å². The molecule has 130 valence electrons. The van der Waals surface area contributed by atoms with Crippen LogP contribution in [0.25, 0.3) is 6.08 Å². The number of anilines is 1. The lowest BCUT2D eigenvalue weighted by Crippen LogP contribution is -2.41. The fourth-order valence-electron chi connectivity index (χ4n) is 2.94. The van der Waals surface area contributed by atoms with Gasteiger partial charge in [0, 0.05) is 49.4 Å². The Bertz CT molecular complexity index is 723. The molecule has 1 aromatic carbocycles. The van der Waals surface area contributed by atoms with Crippen LogP contribution in [0, 0.1) is 0 Å². The quantitative estimate of drug-likeness (QED) is 0.851. The first-order valence-electron chi connectivity index (χ1n) is 8.52. The van der Waals surface area contributed by atoms with Crippen molar-refractivity contribution in [1.82, 2.24) is 9.88 Å². The van der Waals surface area contributed by atoms with Crippen molar-refractivity contribution < 1.29 is 9.53 Å². The monoisotopic (exact) mass is 337 g/mol. The first kappa shape index (κ1) is 17.0. The largest absolute Gasteiger partial charge is 0.497 e. The second kappa shape index (κ2) is 8.33. The van der Waals surface area contributed by atoms with E-state index in [4.69, 9.17) is 4.74 Å². The number of carbonyl (C=O) groups excluding carboxylic acids is 1. The number of nitrogens with one attached hydrogen (secondary N) is 1. The summed E-state index contributed by atoms with van der Waals surface area (Å²) in [6, 6.07) is 12.1. The Balaban J connectivity index is 1.49. The number of hydrogen-bond acceptors (Lipinski definition) is 4. The molecule has 25 heavy (non-hydrogen) atoms. The Morgan fingerprint density at radius 3 is 2.84 bits per heavy atom. The molecule has 0 radical (unpaired) electrons. The molecule has 0 aliphatic carbocycles. The average molecular weight is 337 g/mol. The van der Waals surface area contributed by atoms with Crippen molar-refractivity contribution in [2.75, 3.05) is 25.5 Å². The maximum absolute atomic E-state index is 12.3. The third-order valence-electron chi connectivity index (χ3n) is 4.35. The van der Waals surface area contributed by atoms with Crippen LogP contribution in [0.5, 0.6) is 5.75 Å². The number of aromatic nitrogens is 1. The summed E-state index contributed by atoms with van der Waals surface area (Å²) in [5.41, 5.74) is 1.99. The van der Waals surface area contributed by atoms with E-state index in [0.717, 1.165) is 42.9 Å². The fourth-order valence-corrected chi connectivity index (χ4v) is 2.94. The highest BCUT2D eigenvalue weighted by molar-refractivity contribution is 5.91. The molecule has 2 aromatic rings. The summed E-state index contributed by atoms with van der Waals surface area (Å²) in [4.78, 5) is 18.2. The van der Waals surface area contributed by atoms with Gasteiger partial charge in [-0.1, -0.05) is 12.1 Å². The summed E-state index contributed by atoms with van der Waals surface area (Å²) in [6.07, 6.45) is 8.78. The third-order valence-corrected chi connectivity index (χ3v) is 4.35. The molecule has 1 aliphatic rings. The number of rotatable bonds is 5. The summed E-state index contributed by atoms with van der Waals surface area (Å²) in [5.74, 6) is 0.904. The van der Waals surface area contributed by atoms with Crippen LogP contribution in [0.3, 0.4) is 0 Å². The zero-order chi connectivity index (χ0) is 17.5. The molecule has 1 N–H and O–H groups in total. The van der Waals surface area contributed by atoms with E-state index in [-0.39, 0.29) is 5.91 Å². The Morgan fingerprint density at radius 2 is 2.12 bits per heavy atom. The van der Waals surface area contributed by atoms with Gasteiger partial charge in [0.1, 0.15) is 5.75 Å². The number of piperidine rings is 1. The van der Waals surface area contributed by atoms with Crippen LogP contribution < -0.4 is 10.1 Å². The van der Waals surface area contributed by atoms with Crippen molar-refractivity contribution in [3.8, 4) is 5.75 Å². The van der Waals surface area contributed by atoms with Crippen molar-refractivity contribution in [2.45, 2.75) is 18.9 Å². The molecular formula is C20H23N3O2. The lowest BCUT2D eigenvalue weighted by Gasteiger charge is -2.32. The van der Waals surface area contributed by atoms with E-state index < -0.39 is 0 Å². The highest BCUT2D eigenvalue weighted by atomic mass is 16.5. The SMILES string of the molecule is COc1cccc(NC2CCN(C(=O)/C=C\c3cccnc3)CC2)c1. The van der Waals surface area contributed by atoms with E-state index in [9.17, 15) is 4.79 Å². The van der Waals surface area contributed by atoms with Crippen LogP contribution in [0.2, 0.25) is 0 Å². The molecular weight excluding hydrogens is 314 g/mol. The molecule has 0 bridgehead atoms. The number of ether oxygens (including phenoxy) is 1. The first-order chi connectivity index (χ1) is 12.2. The second-order valence-corrected chi connectivity index (χ2v) is 6.10. The van der Waals surface area contributed by atoms with E-state index in [1.54, 1.807) is 25.6 Å². The Labute approximate surface area is 148 Å². The Morgan fingerprint density at radius 1 is 1.28 bits per heavy atom. The average Bonchev–Trinajstić information content (AvgIpc) is 2.67. The van der Waals surface area contributed by atoms with Gasteiger partial charge in [-0.3, -0.25) is 9.78 Å². The number of hydrogen-bond donors (Lipinski definition) is 1. The number of nitrogens with zero attached hydrogens (tertiary/aromatic N) is 2. The van der Waals surface area contributed by atoms with Crippen LogP contribution in [-0.2, 0) is 4.79 Å². The molecule has 1 amide bonds. The van der Waals surface area contributed by atoms with Crippen LogP contribution in [0.15, 0.2) is 54.9 Å². The minimum atomic E-state index is 0.0590. The van der Waals surface area contributed by atoms with Crippen molar-refractivity contribution in [3.05, 3.63) is 60.4 Å².